The second kappa shape index (κ2) is 8.48. The topological polar surface area (TPSA) is 80.3 Å². The lowest BCUT2D eigenvalue weighted by molar-refractivity contribution is 0.0937. The third-order valence-corrected chi connectivity index (χ3v) is 3.76. The maximum Gasteiger partial charge on any atom is 0.253 e. The fourth-order valence-corrected chi connectivity index (χ4v) is 2.55. The Labute approximate surface area is 130 Å². The first kappa shape index (κ1) is 16.4. The molecule has 0 bridgehead atoms. The summed E-state index contributed by atoms with van der Waals surface area (Å²) < 4.78 is 4.93. The zero-order valence-corrected chi connectivity index (χ0v) is 12.9. The van der Waals surface area contributed by atoms with E-state index in [4.69, 9.17) is 4.74 Å². The van der Waals surface area contributed by atoms with Crippen LogP contribution in [0, 0.1) is 0 Å². The lowest BCUT2D eigenvalue weighted by Crippen LogP contribution is -2.33. The molecule has 22 heavy (non-hydrogen) atoms. The number of rotatable bonds is 7. The predicted molar refractivity (Wildman–Crippen MR) is 82.8 cm³/mol. The number of pyridine rings is 1. The number of ether oxygens (including phenoxy) is 1. The van der Waals surface area contributed by atoms with E-state index in [1.807, 2.05) is 0 Å². The van der Waals surface area contributed by atoms with E-state index >= 15 is 0 Å². The third kappa shape index (κ3) is 4.80. The van der Waals surface area contributed by atoms with Crippen LogP contribution >= 0.6 is 0 Å². The van der Waals surface area contributed by atoms with E-state index in [2.05, 4.69) is 15.6 Å². The molecule has 0 saturated heterocycles. The van der Waals surface area contributed by atoms with E-state index in [1.54, 1.807) is 13.2 Å². The van der Waals surface area contributed by atoms with Gasteiger partial charge in [-0.15, -0.1) is 0 Å². The normalized spacial score (nSPS) is 14.8. The summed E-state index contributed by atoms with van der Waals surface area (Å²) >= 11 is 0. The maximum absolute atomic E-state index is 12.2. The maximum atomic E-state index is 12.2. The number of carbonyl (C=O) groups excluding carboxylic acids is 2. The number of nitrogens with one attached hydrogen (secondary N) is 2. The van der Waals surface area contributed by atoms with Crippen molar-refractivity contribution < 1.29 is 14.3 Å². The summed E-state index contributed by atoms with van der Waals surface area (Å²) in [5.41, 5.74) is 0.827. The number of hydrogen-bond donors (Lipinski definition) is 2. The Morgan fingerprint density at radius 3 is 2.59 bits per heavy atom. The highest BCUT2D eigenvalue weighted by atomic mass is 16.5. The van der Waals surface area contributed by atoms with Crippen LogP contribution in [0.1, 0.15) is 52.8 Å². The van der Waals surface area contributed by atoms with Gasteiger partial charge in [-0.25, -0.2) is 0 Å². The molecule has 2 N–H and O–H groups in total. The van der Waals surface area contributed by atoms with Gasteiger partial charge in [0, 0.05) is 38.7 Å². The summed E-state index contributed by atoms with van der Waals surface area (Å²) in [7, 11) is 1.62. The van der Waals surface area contributed by atoms with Crippen molar-refractivity contribution in [3.8, 4) is 0 Å². The van der Waals surface area contributed by atoms with Gasteiger partial charge in [0.2, 0.25) is 0 Å². The Bertz CT molecular complexity index is 513. The van der Waals surface area contributed by atoms with Crippen molar-refractivity contribution in [1.29, 1.82) is 0 Å². The molecule has 0 spiro atoms. The first-order valence-electron chi connectivity index (χ1n) is 7.73. The van der Waals surface area contributed by atoms with Crippen molar-refractivity contribution in [3.63, 3.8) is 0 Å². The Morgan fingerprint density at radius 1 is 1.23 bits per heavy atom. The van der Waals surface area contributed by atoms with Crippen LogP contribution in [-0.2, 0) is 4.74 Å². The van der Waals surface area contributed by atoms with Gasteiger partial charge in [-0.3, -0.25) is 14.6 Å². The first-order chi connectivity index (χ1) is 10.7. The lowest BCUT2D eigenvalue weighted by atomic mass is 10.1. The highest BCUT2D eigenvalue weighted by molar-refractivity contribution is 5.99. The zero-order valence-electron chi connectivity index (χ0n) is 12.9. The fraction of sp³-hybridized carbons (Fsp3) is 0.562. The van der Waals surface area contributed by atoms with Gasteiger partial charge in [0.1, 0.15) is 0 Å². The fourth-order valence-electron chi connectivity index (χ4n) is 2.55. The first-order valence-corrected chi connectivity index (χ1v) is 7.73. The second-order valence-corrected chi connectivity index (χ2v) is 5.52. The van der Waals surface area contributed by atoms with Crippen LogP contribution in [0.3, 0.4) is 0 Å². The standard InChI is InChI=1S/C16H23N3O3/c1-22-8-4-7-18-15(20)12-9-13(11-17-10-12)16(21)19-14-5-2-3-6-14/h9-11,14H,2-8H2,1H3,(H,18,20)(H,19,21). The number of aromatic nitrogens is 1. The van der Waals surface area contributed by atoms with Gasteiger partial charge in [-0.1, -0.05) is 12.8 Å². The molecular formula is C16H23N3O3. The second-order valence-electron chi connectivity index (χ2n) is 5.52. The Morgan fingerprint density at radius 2 is 1.91 bits per heavy atom. The van der Waals surface area contributed by atoms with Gasteiger partial charge in [0.05, 0.1) is 11.1 Å². The molecule has 0 aliphatic heterocycles. The zero-order chi connectivity index (χ0) is 15.8. The van der Waals surface area contributed by atoms with Crippen LogP contribution in [0.4, 0.5) is 0 Å². The molecule has 1 heterocycles. The van der Waals surface area contributed by atoms with Crippen molar-refractivity contribution in [2.45, 2.75) is 38.1 Å². The molecule has 2 amide bonds. The Kier molecular flexibility index (Phi) is 6.33. The van der Waals surface area contributed by atoms with Crippen LogP contribution in [0.25, 0.3) is 0 Å². The highest BCUT2D eigenvalue weighted by Gasteiger charge is 2.18. The molecular weight excluding hydrogens is 282 g/mol. The highest BCUT2D eigenvalue weighted by Crippen LogP contribution is 2.18. The van der Waals surface area contributed by atoms with Crippen LogP contribution in [0.2, 0.25) is 0 Å². The molecule has 6 heteroatoms. The average Bonchev–Trinajstić information content (AvgIpc) is 3.04. The number of amides is 2. The summed E-state index contributed by atoms with van der Waals surface area (Å²) in [5.74, 6) is -0.382. The summed E-state index contributed by atoms with van der Waals surface area (Å²) in [4.78, 5) is 28.2. The van der Waals surface area contributed by atoms with Crippen molar-refractivity contribution >= 4 is 11.8 Å². The molecule has 1 saturated carbocycles. The van der Waals surface area contributed by atoms with Gasteiger partial charge < -0.3 is 15.4 Å². The summed E-state index contributed by atoms with van der Waals surface area (Å²) in [5, 5.41) is 5.78. The van der Waals surface area contributed by atoms with E-state index in [0.29, 0.717) is 24.3 Å². The lowest BCUT2D eigenvalue weighted by Gasteiger charge is -2.12. The van der Waals surface area contributed by atoms with Crippen LogP contribution in [0.15, 0.2) is 18.5 Å². The van der Waals surface area contributed by atoms with Crippen LogP contribution in [-0.4, -0.2) is 43.1 Å². The van der Waals surface area contributed by atoms with Gasteiger partial charge >= 0.3 is 0 Å². The molecule has 120 valence electrons. The number of carbonyl (C=O) groups is 2. The van der Waals surface area contributed by atoms with Gasteiger partial charge in [-0.2, -0.15) is 0 Å². The molecule has 1 aliphatic rings. The van der Waals surface area contributed by atoms with Crippen molar-refractivity contribution in [1.82, 2.24) is 15.6 Å². The molecule has 0 radical (unpaired) electrons. The summed E-state index contributed by atoms with van der Waals surface area (Å²) in [6.45, 7) is 1.13. The molecule has 2 rings (SSSR count). The smallest absolute Gasteiger partial charge is 0.253 e. The van der Waals surface area contributed by atoms with E-state index in [-0.39, 0.29) is 17.9 Å². The minimum atomic E-state index is -0.223. The summed E-state index contributed by atoms with van der Waals surface area (Å²) in [6.07, 6.45) is 8.08. The molecule has 1 fully saturated rings. The van der Waals surface area contributed by atoms with Crippen LogP contribution in [0.5, 0.6) is 0 Å². The summed E-state index contributed by atoms with van der Waals surface area (Å²) in [6, 6.07) is 1.84. The van der Waals surface area contributed by atoms with Gasteiger partial charge in [-0.05, 0) is 25.3 Å². The van der Waals surface area contributed by atoms with E-state index in [9.17, 15) is 9.59 Å². The van der Waals surface area contributed by atoms with Crippen molar-refractivity contribution in [2.75, 3.05) is 20.3 Å². The predicted octanol–water partition coefficient (Wildman–Crippen LogP) is 1.52. The minimum Gasteiger partial charge on any atom is -0.385 e. The quantitative estimate of drug-likeness (QED) is 0.749. The largest absolute Gasteiger partial charge is 0.385 e. The molecule has 0 atom stereocenters. The van der Waals surface area contributed by atoms with E-state index in [0.717, 1.165) is 32.1 Å². The molecule has 6 nitrogen and oxygen atoms in total. The van der Waals surface area contributed by atoms with Crippen molar-refractivity contribution in [3.05, 3.63) is 29.6 Å². The molecule has 1 aromatic rings. The Balaban J connectivity index is 1.90. The minimum absolute atomic E-state index is 0.159. The number of methoxy groups -OCH3 is 1. The molecule has 0 unspecified atom stereocenters. The van der Waals surface area contributed by atoms with E-state index in [1.165, 1.54) is 12.4 Å². The number of nitrogens with zero attached hydrogens (tertiary/aromatic N) is 1. The monoisotopic (exact) mass is 305 g/mol. The van der Waals surface area contributed by atoms with E-state index < -0.39 is 0 Å². The van der Waals surface area contributed by atoms with Crippen molar-refractivity contribution in [2.24, 2.45) is 0 Å². The molecule has 1 aliphatic carbocycles. The molecule has 0 aromatic carbocycles. The SMILES string of the molecule is COCCCNC(=O)c1cncc(C(=O)NC2CCCC2)c1. The third-order valence-electron chi connectivity index (χ3n) is 3.76. The number of hydrogen-bond acceptors (Lipinski definition) is 4. The molecule has 1 aromatic heterocycles. The van der Waals surface area contributed by atoms with Gasteiger partial charge in [0.25, 0.3) is 11.8 Å². The average molecular weight is 305 g/mol. The Hall–Kier alpha value is -1.95. The van der Waals surface area contributed by atoms with Gasteiger partial charge in [0.15, 0.2) is 0 Å². The van der Waals surface area contributed by atoms with Crippen LogP contribution < -0.4 is 10.6 Å².